The number of sulfone groups is 1. The van der Waals surface area contributed by atoms with Gasteiger partial charge < -0.3 is 14.8 Å². The van der Waals surface area contributed by atoms with E-state index in [9.17, 15) is 26.4 Å². The number of rotatable bonds is 7. The van der Waals surface area contributed by atoms with Crippen molar-refractivity contribution >= 4 is 38.9 Å². The van der Waals surface area contributed by atoms with Crippen molar-refractivity contribution in [3.8, 4) is 16.9 Å². The van der Waals surface area contributed by atoms with E-state index in [1.807, 2.05) is 6.07 Å². The Morgan fingerprint density at radius 3 is 2.30 bits per heavy atom. The van der Waals surface area contributed by atoms with Crippen LogP contribution in [0.25, 0.3) is 16.8 Å². The van der Waals surface area contributed by atoms with Crippen LogP contribution in [0.1, 0.15) is 20.8 Å². The molecule has 0 aliphatic rings. The first kappa shape index (κ1) is 28.7. The Morgan fingerprint density at radius 1 is 1.00 bits per heavy atom. The number of pyridine rings is 1. The molecule has 10 nitrogen and oxygen atoms in total. The number of ether oxygens (including phenoxy) is 2. The molecule has 0 radical (unpaired) electrons. The first-order valence-electron chi connectivity index (χ1n) is 11.8. The summed E-state index contributed by atoms with van der Waals surface area (Å²) in [5, 5.41) is 9.79. The molecule has 0 spiro atoms. The maximum Gasteiger partial charge on any atom is 0.422 e. The standard InChI is InChI=1S/C26H26F3N5O5S/c1-25(2,3)39-24(35)30-18-8-5-16(6-9-18)17-7-12-22-32-23(33-34(22)14-17)31-20-11-10-19(40(4,36)37)13-21(20)38-15-26(27,28)29/h5-14H,15H2,1-4H3,(H,30,35)(H,31,33). The summed E-state index contributed by atoms with van der Waals surface area (Å²) in [7, 11) is -3.69. The van der Waals surface area contributed by atoms with Gasteiger partial charge in [-0.25, -0.2) is 17.7 Å². The molecule has 0 fully saturated rings. The van der Waals surface area contributed by atoms with Gasteiger partial charge in [-0.15, -0.1) is 5.10 Å². The number of amides is 1. The van der Waals surface area contributed by atoms with Crippen LogP contribution in [0, 0.1) is 0 Å². The summed E-state index contributed by atoms with van der Waals surface area (Å²) < 4.78 is 73.7. The summed E-state index contributed by atoms with van der Waals surface area (Å²) in [6.45, 7) is 3.70. The molecular weight excluding hydrogens is 551 g/mol. The summed E-state index contributed by atoms with van der Waals surface area (Å²) in [6, 6.07) is 14.1. The molecule has 2 aromatic carbocycles. The van der Waals surface area contributed by atoms with Gasteiger partial charge in [-0.2, -0.15) is 18.2 Å². The third kappa shape index (κ3) is 7.62. The molecule has 0 bridgehead atoms. The number of carbonyl (C=O) groups excluding carboxylic acids is 1. The van der Waals surface area contributed by atoms with Gasteiger partial charge in [-0.3, -0.25) is 5.32 Å². The summed E-state index contributed by atoms with van der Waals surface area (Å²) in [4.78, 5) is 16.1. The molecule has 2 N–H and O–H groups in total. The Bertz CT molecular complexity index is 1650. The largest absolute Gasteiger partial charge is 0.482 e. The SMILES string of the molecule is CC(C)(C)OC(=O)Nc1ccc(-c2ccc3nc(Nc4ccc(S(C)(=O)=O)cc4OCC(F)(F)F)nn3c2)cc1. The zero-order valence-corrected chi connectivity index (χ0v) is 22.7. The van der Waals surface area contributed by atoms with Gasteiger partial charge in [0.1, 0.15) is 11.4 Å². The van der Waals surface area contributed by atoms with Crippen molar-refractivity contribution in [2.24, 2.45) is 0 Å². The molecule has 0 saturated carbocycles. The Kier molecular flexibility index (Phi) is 7.65. The Hall–Kier alpha value is -4.33. The number of hydrogen-bond donors (Lipinski definition) is 2. The van der Waals surface area contributed by atoms with Crippen molar-refractivity contribution in [2.75, 3.05) is 23.5 Å². The van der Waals surface area contributed by atoms with Gasteiger partial charge in [-0.05, 0) is 62.7 Å². The van der Waals surface area contributed by atoms with Crippen LogP contribution in [0.2, 0.25) is 0 Å². The highest BCUT2D eigenvalue weighted by Gasteiger charge is 2.29. The van der Waals surface area contributed by atoms with Gasteiger partial charge in [-0.1, -0.05) is 12.1 Å². The lowest BCUT2D eigenvalue weighted by Gasteiger charge is -2.19. The third-order valence-electron chi connectivity index (χ3n) is 5.21. The van der Waals surface area contributed by atoms with Crippen LogP contribution in [0.5, 0.6) is 5.75 Å². The number of carbonyl (C=O) groups is 1. The van der Waals surface area contributed by atoms with Crippen LogP contribution >= 0.6 is 0 Å². The Balaban J connectivity index is 1.54. The van der Waals surface area contributed by atoms with Crippen LogP contribution < -0.4 is 15.4 Å². The van der Waals surface area contributed by atoms with E-state index in [4.69, 9.17) is 9.47 Å². The fourth-order valence-electron chi connectivity index (χ4n) is 3.51. The molecule has 2 aromatic heterocycles. The molecule has 14 heteroatoms. The van der Waals surface area contributed by atoms with Gasteiger partial charge in [0, 0.05) is 29.8 Å². The lowest BCUT2D eigenvalue weighted by atomic mass is 10.1. The number of aromatic nitrogens is 3. The van der Waals surface area contributed by atoms with E-state index in [0.717, 1.165) is 23.4 Å². The zero-order valence-electron chi connectivity index (χ0n) is 21.9. The maximum absolute atomic E-state index is 12.8. The van der Waals surface area contributed by atoms with Crippen molar-refractivity contribution in [3.05, 3.63) is 60.8 Å². The van der Waals surface area contributed by atoms with Crippen LogP contribution in [-0.2, 0) is 14.6 Å². The number of benzene rings is 2. The Morgan fingerprint density at radius 2 is 1.68 bits per heavy atom. The number of alkyl halides is 3. The second-order valence-electron chi connectivity index (χ2n) is 9.82. The molecular formula is C26H26F3N5O5S. The van der Waals surface area contributed by atoms with E-state index in [-0.39, 0.29) is 22.3 Å². The van der Waals surface area contributed by atoms with E-state index in [2.05, 4.69) is 20.7 Å². The van der Waals surface area contributed by atoms with E-state index >= 15 is 0 Å². The van der Waals surface area contributed by atoms with Crippen molar-refractivity contribution in [1.29, 1.82) is 0 Å². The van der Waals surface area contributed by atoms with Gasteiger partial charge >= 0.3 is 12.3 Å². The molecule has 212 valence electrons. The average Bonchev–Trinajstić information content (AvgIpc) is 3.23. The van der Waals surface area contributed by atoms with Crippen LogP contribution in [0.3, 0.4) is 0 Å². The predicted octanol–water partition coefficient (Wildman–Crippen LogP) is 5.83. The van der Waals surface area contributed by atoms with Gasteiger partial charge in [0.05, 0.1) is 10.6 Å². The fourth-order valence-corrected chi connectivity index (χ4v) is 4.15. The monoisotopic (exact) mass is 577 g/mol. The van der Waals surface area contributed by atoms with Crippen molar-refractivity contribution in [3.63, 3.8) is 0 Å². The highest BCUT2D eigenvalue weighted by Crippen LogP contribution is 2.32. The van der Waals surface area contributed by atoms with E-state index in [1.54, 1.807) is 57.3 Å². The number of hydrogen-bond acceptors (Lipinski definition) is 8. The van der Waals surface area contributed by atoms with Crippen LogP contribution in [0.15, 0.2) is 65.7 Å². The molecule has 2 heterocycles. The lowest BCUT2D eigenvalue weighted by molar-refractivity contribution is -0.153. The predicted molar refractivity (Wildman–Crippen MR) is 143 cm³/mol. The highest BCUT2D eigenvalue weighted by atomic mass is 32.2. The molecule has 40 heavy (non-hydrogen) atoms. The smallest absolute Gasteiger partial charge is 0.422 e. The van der Waals surface area contributed by atoms with E-state index < -0.39 is 34.3 Å². The highest BCUT2D eigenvalue weighted by molar-refractivity contribution is 7.90. The minimum atomic E-state index is -4.62. The van der Waals surface area contributed by atoms with Crippen LogP contribution in [-0.4, -0.2) is 53.7 Å². The topological polar surface area (TPSA) is 124 Å². The summed E-state index contributed by atoms with van der Waals surface area (Å²) >= 11 is 0. The van der Waals surface area contributed by atoms with Crippen LogP contribution in [0.4, 0.5) is 35.3 Å². The summed E-state index contributed by atoms with van der Waals surface area (Å²) in [5.74, 6) is -0.266. The van der Waals surface area contributed by atoms with Gasteiger partial charge in [0.15, 0.2) is 22.1 Å². The molecule has 0 unspecified atom stereocenters. The van der Waals surface area contributed by atoms with Crippen molar-refractivity contribution in [1.82, 2.24) is 14.6 Å². The van der Waals surface area contributed by atoms with Gasteiger partial charge in [0.25, 0.3) is 0 Å². The molecule has 0 aliphatic carbocycles. The molecule has 4 rings (SSSR count). The molecule has 0 saturated heterocycles. The van der Waals surface area contributed by atoms with E-state index in [1.165, 1.54) is 16.6 Å². The second kappa shape index (κ2) is 10.7. The number of anilines is 3. The first-order valence-corrected chi connectivity index (χ1v) is 13.7. The number of nitrogens with zero attached hydrogens (tertiary/aromatic N) is 3. The van der Waals surface area contributed by atoms with Crippen molar-refractivity contribution < 1.29 is 35.9 Å². The number of halogens is 3. The number of fused-ring (bicyclic) bond motifs is 1. The third-order valence-corrected chi connectivity index (χ3v) is 6.32. The summed E-state index contributed by atoms with van der Waals surface area (Å²) in [5.41, 5.74) is 2.03. The summed E-state index contributed by atoms with van der Waals surface area (Å²) in [6.07, 6.45) is -2.55. The minimum absolute atomic E-state index is 0.0537. The average molecular weight is 578 g/mol. The lowest BCUT2D eigenvalue weighted by Crippen LogP contribution is -2.27. The minimum Gasteiger partial charge on any atom is -0.482 e. The van der Waals surface area contributed by atoms with Gasteiger partial charge in [0.2, 0.25) is 5.95 Å². The normalized spacial score (nSPS) is 12.3. The molecule has 4 aromatic rings. The maximum atomic E-state index is 12.8. The number of nitrogens with one attached hydrogen (secondary N) is 2. The fraction of sp³-hybridized carbons (Fsp3) is 0.269. The van der Waals surface area contributed by atoms with Crippen molar-refractivity contribution in [2.45, 2.75) is 37.4 Å². The Labute approximate surface area is 228 Å². The molecule has 1 amide bonds. The molecule has 0 aliphatic heterocycles. The molecule has 0 atom stereocenters. The quantitative estimate of drug-likeness (QED) is 0.281. The first-order chi connectivity index (χ1) is 18.6. The zero-order chi connectivity index (χ0) is 29.3. The second-order valence-corrected chi connectivity index (χ2v) is 11.8. The van der Waals surface area contributed by atoms with E-state index in [0.29, 0.717) is 11.3 Å².